The largest absolute Gasteiger partial charge is 0.464 e. The van der Waals surface area contributed by atoms with Crippen molar-refractivity contribution in [1.82, 2.24) is 9.78 Å². The minimum absolute atomic E-state index is 0.0141. The van der Waals surface area contributed by atoms with Crippen LogP contribution in [0.5, 0.6) is 0 Å². The molecule has 2 rings (SSSR count). The van der Waals surface area contributed by atoms with Gasteiger partial charge in [-0.1, -0.05) is 6.07 Å². The summed E-state index contributed by atoms with van der Waals surface area (Å²) in [6.07, 6.45) is 0. The van der Waals surface area contributed by atoms with Crippen LogP contribution in [0, 0.1) is 0 Å². The third-order valence-corrected chi connectivity index (χ3v) is 2.92. The highest BCUT2D eigenvalue weighted by Crippen LogP contribution is 2.14. The number of benzene rings is 1. The highest BCUT2D eigenvalue weighted by molar-refractivity contribution is 5.90. The Balaban J connectivity index is 2.44. The zero-order chi connectivity index (χ0) is 17.9. The van der Waals surface area contributed by atoms with E-state index >= 15 is 0 Å². The molecule has 0 N–H and O–H groups in total. The molecule has 0 atom stereocenters. The number of nitrogens with zero attached hydrogens (tertiary/aromatic N) is 2. The van der Waals surface area contributed by atoms with E-state index < -0.39 is 23.1 Å². The van der Waals surface area contributed by atoms with Crippen molar-refractivity contribution in [2.45, 2.75) is 26.4 Å². The van der Waals surface area contributed by atoms with Gasteiger partial charge < -0.3 is 9.47 Å². The molecule has 1 aromatic carbocycles. The Labute approximate surface area is 138 Å². The summed E-state index contributed by atoms with van der Waals surface area (Å²) in [4.78, 5) is 35.7. The number of hydrogen-bond donors (Lipinski definition) is 0. The number of methoxy groups -OCH3 is 1. The molecule has 0 saturated heterocycles. The van der Waals surface area contributed by atoms with E-state index in [0.717, 1.165) is 4.68 Å². The molecule has 1 heterocycles. The molecule has 0 unspecified atom stereocenters. The van der Waals surface area contributed by atoms with Gasteiger partial charge in [0, 0.05) is 6.07 Å². The van der Waals surface area contributed by atoms with E-state index in [9.17, 15) is 14.4 Å². The number of carbonyl (C=O) groups is 2. The monoisotopic (exact) mass is 330 g/mol. The van der Waals surface area contributed by atoms with Gasteiger partial charge in [0.2, 0.25) is 0 Å². The van der Waals surface area contributed by atoms with E-state index in [1.54, 1.807) is 39.0 Å². The minimum Gasteiger partial charge on any atom is -0.464 e. The standard InChI is InChI=1S/C17H18N2O5/c1-17(2,3)24-15(21)11-6-5-7-12(10-11)19-14(20)9-8-13(18-19)16(22)23-4/h5-10H,1-4H3. The maximum absolute atomic E-state index is 12.1. The van der Waals surface area contributed by atoms with Crippen LogP contribution in [0.3, 0.4) is 0 Å². The second-order valence-electron chi connectivity index (χ2n) is 6.01. The maximum Gasteiger partial charge on any atom is 0.358 e. The van der Waals surface area contributed by atoms with Crippen molar-refractivity contribution in [1.29, 1.82) is 0 Å². The fourth-order valence-corrected chi connectivity index (χ4v) is 1.91. The Morgan fingerprint density at radius 2 is 1.79 bits per heavy atom. The number of carbonyl (C=O) groups excluding carboxylic acids is 2. The minimum atomic E-state index is -0.660. The fourth-order valence-electron chi connectivity index (χ4n) is 1.91. The molecule has 0 aliphatic carbocycles. The second-order valence-corrected chi connectivity index (χ2v) is 6.01. The number of esters is 2. The molecule has 7 heteroatoms. The summed E-state index contributed by atoms with van der Waals surface area (Å²) in [5.41, 5.74) is -0.468. The molecule has 24 heavy (non-hydrogen) atoms. The van der Waals surface area contributed by atoms with Crippen molar-refractivity contribution >= 4 is 11.9 Å². The van der Waals surface area contributed by atoms with Crippen molar-refractivity contribution in [3.63, 3.8) is 0 Å². The summed E-state index contributed by atoms with van der Waals surface area (Å²) in [5.74, 6) is -1.17. The predicted octanol–water partition coefficient (Wildman–Crippen LogP) is 1.97. The van der Waals surface area contributed by atoms with E-state index in [1.807, 2.05) is 0 Å². The quantitative estimate of drug-likeness (QED) is 0.800. The smallest absolute Gasteiger partial charge is 0.358 e. The fraction of sp³-hybridized carbons (Fsp3) is 0.294. The highest BCUT2D eigenvalue weighted by Gasteiger charge is 2.18. The zero-order valence-electron chi connectivity index (χ0n) is 13.9. The molecule has 0 radical (unpaired) electrons. The molecule has 0 amide bonds. The molecule has 0 aliphatic rings. The van der Waals surface area contributed by atoms with E-state index in [1.165, 1.54) is 25.3 Å². The second kappa shape index (κ2) is 6.66. The van der Waals surface area contributed by atoms with Crippen molar-refractivity contribution in [3.8, 4) is 5.69 Å². The Morgan fingerprint density at radius 3 is 2.42 bits per heavy atom. The van der Waals surface area contributed by atoms with Crippen LogP contribution in [-0.2, 0) is 9.47 Å². The van der Waals surface area contributed by atoms with Gasteiger partial charge in [-0.15, -0.1) is 0 Å². The van der Waals surface area contributed by atoms with Crippen molar-refractivity contribution in [3.05, 3.63) is 58.0 Å². The first-order valence-corrected chi connectivity index (χ1v) is 7.24. The number of ether oxygens (including phenoxy) is 2. The van der Waals surface area contributed by atoms with E-state index in [4.69, 9.17) is 4.74 Å². The van der Waals surface area contributed by atoms with Gasteiger partial charge in [0.1, 0.15) is 5.60 Å². The highest BCUT2D eigenvalue weighted by atomic mass is 16.6. The maximum atomic E-state index is 12.1. The van der Waals surface area contributed by atoms with Gasteiger partial charge in [0.05, 0.1) is 18.4 Å². The van der Waals surface area contributed by atoms with Crippen LogP contribution >= 0.6 is 0 Å². The van der Waals surface area contributed by atoms with E-state index in [2.05, 4.69) is 9.84 Å². The Kier molecular flexibility index (Phi) is 4.82. The van der Waals surface area contributed by atoms with Crippen LogP contribution in [0.2, 0.25) is 0 Å². The lowest BCUT2D eigenvalue weighted by Crippen LogP contribution is -2.25. The molecule has 0 saturated carbocycles. The first-order valence-electron chi connectivity index (χ1n) is 7.24. The average molecular weight is 330 g/mol. The summed E-state index contributed by atoms with van der Waals surface area (Å²) in [5, 5.41) is 3.97. The topological polar surface area (TPSA) is 87.5 Å². The summed E-state index contributed by atoms with van der Waals surface area (Å²) in [7, 11) is 1.22. The lowest BCUT2D eigenvalue weighted by molar-refractivity contribution is 0.00692. The van der Waals surface area contributed by atoms with Crippen LogP contribution in [-0.4, -0.2) is 34.4 Å². The van der Waals surface area contributed by atoms with Crippen LogP contribution in [0.1, 0.15) is 41.6 Å². The Bertz CT molecular complexity index is 833. The van der Waals surface area contributed by atoms with Gasteiger partial charge in [-0.2, -0.15) is 9.78 Å². The van der Waals surface area contributed by atoms with Gasteiger partial charge in [-0.3, -0.25) is 4.79 Å². The molecule has 0 fully saturated rings. The molecular formula is C17H18N2O5. The van der Waals surface area contributed by atoms with Gasteiger partial charge in [0.15, 0.2) is 5.69 Å². The lowest BCUT2D eigenvalue weighted by Gasteiger charge is -2.19. The first kappa shape index (κ1) is 17.4. The van der Waals surface area contributed by atoms with Crippen LogP contribution < -0.4 is 5.56 Å². The molecular weight excluding hydrogens is 312 g/mol. The van der Waals surface area contributed by atoms with Gasteiger partial charge in [0.25, 0.3) is 5.56 Å². The Hall–Kier alpha value is -2.96. The summed E-state index contributed by atoms with van der Waals surface area (Å²) in [6.45, 7) is 5.29. The van der Waals surface area contributed by atoms with Gasteiger partial charge in [-0.25, -0.2) is 9.59 Å². The van der Waals surface area contributed by atoms with Crippen LogP contribution in [0.15, 0.2) is 41.2 Å². The molecule has 0 aliphatic heterocycles. The zero-order valence-corrected chi connectivity index (χ0v) is 13.9. The number of hydrogen-bond acceptors (Lipinski definition) is 6. The normalized spacial score (nSPS) is 11.0. The van der Waals surface area contributed by atoms with Gasteiger partial charge in [-0.05, 0) is 45.0 Å². The molecule has 1 aromatic heterocycles. The van der Waals surface area contributed by atoms with Crippen molar-refractivity contribution < 1.29 is 19.1 Å². The molecule has 7 nitrogen and oxygen atoms in total. The average Bonchev–Trinajstić information content (AvgIpc) is 2.53. The predicted molar refractivity (Wildman–Crippen MR) is 86.3 cm³/mol. The third-order valence-electron chi connectivity index (χ3n) is 2.92. The van der Waals surface area contributed by atoms with Crippen molar-refractivity contribution in [2.75, 3.05) is 7.11 Å². The van der Waals surface area contributed by atoms with Crippen molar-refractivity contribution in [2.24, 2.45) is 0 Å². The molecule has 126 valence electrons. The van der Waals surface area contributed by atoms with E-state index in [-0.39, 0.29) is 11.3 Å². The van der Waals surface area contributed by atoms with Crippen LogP contribution in [0.4, 0.5) is 0 Å². The third kappa shape index (κ3) is 4.07. The molecule has 0 bridgehead atoms. The summed E-state index contributed by atoms with van der Waals surface area (Å²) >= 11 is 0. The lowest BCUT2D eigenvalue weighted by atomic mass is 10.1. The van der Waals surface area contributed by atoms with Gasteiger partial charge >= 0.3 is 11.9 Å². The summed E-state index contributed by atoms with van der Waals surface area (Å²) < 4.78 is 10.9. The summed E-state index contributed by atoms with van der Waals surface area (Å²) in [6, 6.07) is 8.74. The first-order chi connectivity index (χ1) is 11.2. The van der Waals surface area contributed by atoms with Crippen LogP contribution in [0.25, 0.3) is 5.69 Å². The molecule has 0 spiro atoms. The molecule has 2 aromatic rings. The van der Waals surface area contributed by atoms with E-state index in [0.29, 0.717) is 5.69 Å². The SMILES string of the molecule is COC(=O)c1ccc(=O)n(-c2cccc(C(=O)OC(C)(C)C)c2)n1. The Morgan fingerprint density at radius 1 is 1.08 bits per heavy atom. The number of rotatable bonds is 3. The number of aromatic nitrogens is 2.